The maximum Gasteiger partial charge on any atom is 0.410 e. The minimum Gasteiger partial charge on any atom is -0.467 e. The van der Waals surface area contributed by atoms with Crippen LogP contribution < -0.4 is 5.32 Å². The number of carbonyl (C=O) groups excluding carboxylic acids is 3. The molecule has 9 nitrogen and oxygen atoms in total. The smallest absolute Gasteiger partial charge is 0.410 e. The highest BCUT2D eigenvalue weighted by Crippen LogP contribution is 2.37. The lowest BCUT2D eigenvalue weighted by molar-refractivity contribution is -0.150. The summed E-state index contributed by atoms with van der Waals surface area (Å²) in [5, 5.41) is 2.47. The molecule has 32 heavy (non-hydrogen) atoms. The number of nitrogens with one attached hydrogen (secondary N) is 1. The lowest BCUT2D eigenvalue weighted by atomic mass is 10.2. The zero-order valence-corrected chi connectivity index (χ0v) is 23.0. The number of hydrogen-bond acceptors (Lipinski definition) is 7. The van der Waals surface area contributed by atoms with Gasteiger partial charge in [-0.2, -0.15) is 0 Å². The molecule has 188 valence electrons. The number of hydrogen-bond donors (Lipinski definition) is 1. The van der Waals surface area contributed by atoms with Crippen LogP contribution in [0.15, 0.2) is 0 Å². The summed E-state index contributed by atoms with van der Waals surface area (Å²) in [5.74, 6) is -0.566. The molecule has 0 aliphatic carbocycles. The van der Waals surface area contributed by atoms with E-state index in [0.29, 0.717) is 0 Å². The highest BCUT2D eigenvalue weighted by Gasteiger charge is 2.42. The topological polar surface area (TPSA) is 103 Å². The van der Waals surface area contributed by atoms with Crippen molar-refractivity contribution in [1.82, 2.24) is 10.2 Å². The van der Waals surface area contributed by atoms with Gasteiger partial charge >= 0.3 is 18.2 Å². The standard InChI is InChI=1S/C22H44N2O7Si/c1-20(2,3)29-18(26)23-13-14-24(19(27)30-21(4,5)6)15-16(17(25)28-10)31-32(11,12)22(7,8)9/h16H,13-15H2,1-12H3,(H,23,26)/t16-/m0/s1. The molecule has 0 aliphatic heterocycles. The molecule has 1 N–H and O–H groups in total. The van der Waals surface area contributed by atoms with Gasteiger partial charge in [-0.1, -0.05) is 20.8 Å². The van der Waals surface area contributed by atoms with Crippen LogP contribution in [0.2, 0.25) is 18.1 Å². The Balaban J connectivity index is 5.53. The second-order valence-electron chi connectivity index (χ2n) is 11.2. The Morgan fingerprint density at radius 2 is 1.41 bits per heavy atom. The first kappa shape index (κ1) is 30.2. The van der Waals surface area contributed by atoms with E-state index in [1.165, 1.54) is 12.0 Å². The first-order valence-corrected chi connectivity index (χ1v) is 13.8. The number of esters is 1. The first-order valence-electron chi connectivity index (χ1n) is 10.9. The highest BCUT2D eigenvalue weighted by atomic mass is 28.4. The van der Waals surface area contributed by atoms with E-state index >= 15 is 0 Å². The van der Waals surface area contributed by atoms with Crippen LogP contribution in [0.1, 0.15) is 62.3 Å². The molecule has 0 radical (unpaired) electrons. The van der Waals surface area contributed by atoms with Crippen molar-refractivity contribution in [3.05, 3.63) is 0 Å². The second kappa shape index (κ2) is 11.4. The van der Waals surface area contributed by atoms with Crippen molar-refractivity contribution >= 4 is 26.5 Å². The molecule has 0 aliphatic rings. The van der Waals surface area contributed by atoms with Crippen molar-refractivity contribution < 1.29 is 33.0 Å². The van der Waals surface area contributed by atoms with Gasteiger partial charge in [-0.3, -0.25) is 0 Å². The van der Waals surface area contributed by atoms with Gasteiger partial charge in [-0.15, -0.1) is 0 Å². The van der Waals surface area contributed by atoms with Crippen molar-refractivity contribution in [2.75, 3.05) is 26.7 Å². The largest absolute Gasteiger partial charge is 0.467 e. The molecule has 2 amide bonds. The number of methoxy groups -OCH3 is 1. The summed E-state index contributed by atoms with van der Waals surface area (Å²) >= 11 is 0. The molecular weight excluding hydrogens is 432 g/mol. The fraction of sp³-hybridized carbons (Fsp3) is 0.864. The van der Waals surface area contributed by atoms with Gasteiger partial charge in [0.2, 0.25) is 0 Å². The zero-order valence-electron chi connectivity index (χ0n) is 22.0. The maximum atomic E-state index is 12.8. The third kappa shape index (κ3) is 11.7. The second-order valence-corrected chi connectivity index (χ2v) is 16.0. The molecule has 10 heteroatoms. The zero-order chi connectivity index (χ0) is 25.5. The molecule has 0 aromatic rings. The van der Waals surface area contributed by atoms with E-state index in [4.69, 9.17) is 18.6 Å². The third-order valence-corrected chi connectivity index (χ3v) is 9.28. The van der Waals surface area contributed by atoms with Crippen LogP contribution >= 0.6 is 0 Å². The van der Waals surface area contributed by atoms with Crippen molar-refractivity contribution in [1.29, 1.82) is 0 Å². The Bertz CT molecular complexity index is 646. The number of ether oxygens (including phenoxy) is 3. The van der Waals surface area contributed by atoms with E-state index in [9.17, 15) is 14.4 Å². The van der Waals surface area contributed by atoms with Gasteiger partial charge in [0.1, 0.15) is 11.2 Å². The fourth-order valence-electron chi connectivity index (χ4n) is 2.21. The van der Waals surface area contributed by atoms with E-state index in [1.54, 1.807) is 41.5 Å². The molecule has 0 saturated carbocycles. The van der Waals surface area contributed by atoms with E-state index in [0.717, 1.165) is 0 Å². The summed E-state index contributed by atoms with van der Waals surface area (Å²) in [6.45, 7) is 20.9. The van der Waals surface area contributed by atoms with E-state index < -0.39 is 43.8 Å². The van der Waals surface area contributed by atoms with Gasteiger partial charge in [0.15, 0.2) is 14.4 Å². The molecule has 0 bridgehead atoms. The summed E-state index contributed by atoms with van der Waals surface area (Å²) in [4.78, 5) is 38.6. The van der Waals surface area contributed by atoms with Crippen molar-refractivity contribution in [3.63, 3.8) is 0 Å². The molecule has 0 heterocycles. The Kier molecular flexibility index (Phi) is 10.7. The Morgan fingerprint density at radius 3 is 1.81 bits per heavy atom. The first-order chi connectivity index (χ1) is 14.2. The minimum atomic E-state index is -2.34. The van der Waals surface area contributed by atoms with Crippen molar-refractivity contribution in [2.24, 2.45) is 0 Å². The van der Waals surface area contributed by atoms with Crippen LogP contribution in [0.5, 0.6) is 0 Å². The third-order valence-electron chi connectivity index (χ3n) is 4.79. The predicted octanol–water partition coefficient (Wildman–Crippen LogP) is 4.31. The summed E-state index contributed by atoms with van der Waals surface area (Å²) in [7, 11) is -1.06. The molecule has 0 aromatic carbocycles. The van der Waals surface area contributed by atoms with Gasteiger partial charge in [-0.05, 0) is 59.7 Å². The fourth-order valence-corrected chi connectivity index (χ4v) is 3.45. The normalized spacial score (nSPS) is 13.8. The number of nitrogens with zero attached hydrogens (tertiary/aromatic N) is 1. The van der Waals surface area contributed by atoms with Gasteiger partial charge in [0.25, 0.3) is 0 Å². The number of amides is 2. The predicted molar refractivity (Wildman–Crippen MR) is 126 cm³/mol. The molecule has 0 spiro atoms. The van der Waals surface area contributed by atoms with Gasteiger partial charge in [-0.25, -0.2) is 14.4 Å². The average molecular weight is 477 g/mol. The molecule has 1 atom stereocenters. The van der Waals surface area contributed by atoms with Crippen LogP contribution in [0, 0.1) is 0 Å². The van der Waals surface area contributed by atoms with Crippen LogP contribution in [-0.2, 0) is 23.4 Å². The summed E-state index contributed by atoms with van der Waals surface area (Å²) in [6.07, 6.45) is -2.19. The quantitative estimate of drug-likeness (QED) is 0.316. The molecule has 0 rings (SSSR count). The molecular formula is C22H44N2O7Si. The van der Waals surface area contributed by atoms with Crippen LogP contribution in [-0.4, -0.2) is 75.4 Å². The SMILES string of the molecule is COC(=O)[C@H](CN(CCNC(=O)OC(C)(C)C)C(=O)OC(C)(C)C)O[Si](C)(C)C(C)(C)C. The molecule has 0 saturated heterocycles. The summed E-state index contributed by atoms with van der Waals surface area (Å²) in [6, 6.07) is 0. The lowest BCUT2D eigenvalue weighted by Crippen LogP contribution is -2.52. The van der Waals surface area contributed by atoms with Gasteiger partial charge < -0.3 is 28.9 Å². The van der Waals surface area contributed by atoms with Crippen molar-refractivity contribution in [2.45, 2.75) is 97.8 Å². The molecule has 0 fully saturated rings. The van der Waals surface area contributed by atoms with Gasteiger partial charge in [0, 0.05) is 13.1 Å². The maximum absolute atomic E-state index is 12.8. The monoisotopic (exact) mass is 476 g/mol. The minimum absolute atomic E-state index is 0.0654. The Morgan fingerprint density at radius 1 is 0.906 bits per heavy atom. The van der Waals surface area contributed by atoms with E-state index in [2.05, 4.69) is 26.1 Å². The number of rotatable bonds is 8. The number of carbonyl (C=O) groups is 3. The lowest BCUT2D eigenvalue weighted by Gasteiger charge is -2.39. The number of alkyl carbamates (subject to hydrolysis) is 1. The van der Waals surface area contributed by atoms with Crippen LogP contribution in [0.4, 0.5) is 9.59 Å². The summed E-state index contributed by atoms with van der Waals surface area (Å²) < 4.78 is 21.9. The van der Waals surface area contributed by atoms with E-state index in [-0.39, 0.29) is 24.7 Å². The molecule has 0 aromatic heterocycles. The Labute approximate surface area is 194 Å². The molecule has 0 unspecified atom stereocenters. The highest BCUT2D eigenvalue weighted by molar-refractivity contribution is 6.74. The van der Waals surface area contributed by atoms with Crippen LogP contribution in [0.25, 0.3) is 0 Å². The summed E-state index contributed by atoms with van der Waals surface area (Å²) in [5.41, 5.74) is -1.36. The van der Waals surface area contributed by atoms with Crippen molar-refractivity contribution in [3.8, 4) is 0 Å². The van der Waals surface area contributed by atoms with Crippen LogP contribution in [0.3, 0.4) is 0 Å². The van der Waals surface area contributed by atoms with Gasteiger partial charge in [0.05, 0.1) is 13.7 Å². The van der Waals surface area contributed by atoms with E-state index in [1.807, 2.05) is 13.1 Å². The Hall–Kier alpha value is -1.81. The average Bonchev–Trinajstić information content (AvgIpc) is 2.54.